The second-order valence-corrected chi connectivity index (χ2v) is 8.47. The smallest absolute Gasteiger partial charge is 0.449 e. The van der Waals surface area contributed by atoms with E-state index >= 15 is 0 Å². The molecule has 0 radical (unpaired) electrons. The van der Waals surface area contributed by atoms with Crippen molar-refractivity contribution in [3.05, 3.63) is 36.5 Å². The molecule has 0 spiro atoms. The predicted molar refractivity (Wildman–Crippen MR) is 115 cm³/mol. The minimum absolute atomic E-state index is 0.00681. The summed E-state index contributed by atoms with van der Waals surface area (Å²) in [6, 6.07) is 9.27. The van der Waals surface area contributed by atoms with Crippen molar-refractivity contribution in [1.29, 1.82) is 0 Å². The van der Waals surface area contributed by atoms with Crippen LogP contribution in [0.4, 0.5) is 10.6 Å². The molecule has 1 amide bonds. The zero-order valence-electron chi connectivity index (χ0n) is 17.8. The Balaban J connectivity index is 1.73. The van der Waals surface area contributed by atoms with Gasteiger partial charge in [-0.2, -0.15) is 0 Å². The second kappa shape index (κ2) is 9.51. The lowest BCUT2D eigenvalue weighted by atomic mass is 9.82. The van der Waals surface area contributed by atoms with Crippen molar-refractivity contribution in [2.75, 3.05) is 18.1 Å². The van der Waals surface area contributed by atoms with Crippen LogP contribution >= 0.6 is 0 Å². The molecule has 1 saturated carbocycles. The fourth-order valence-corrected chi connectivity index (χ4v) is 4.50. The van der Waals surface area contributed by atoms with Crippen LogP contribution in [-0.2, 0) is 9.53 Å². The number of amides is 1. The molecule has 8 nitrogen and oxygen atoms in total. The molecule has 2 heterocycles. The molecule has 2 aromatic rings. The molecule has 31 heavy (non-hydrogen) atoms. The highest BCUT2D eigenvalue weighted by Gasteiger charge is 2.37. The Hall–Kier alpha value is -2.87. The molecule has 8 heteroatoms. The van der Waals surface area contributed by atoms with E-state index in [2.05, 4.69) is 12.0 Å². The summed E-state index contributed by atoms with van der Waals surface area (Å²) >= 11 is 0. The molecule has 2 aliphatic rings. The third-order valence-corrected chi connectivity index (χ3v) is 6.27. The average Bonchev–Trinajstić information content (AvgIpc) is 3.18. The summed E-state index contributed by atoms with van der Waals surface area (Å²) < 4.78 is 12.2. The van der Waals surface area contributed by atoms with Gasteiger partial charge in [-0.1, -0.05) is 25.1 Å². The maximum absolute atomic E-state index is 13.7. The molecule has 1 aliphatic heterocycles. The summed E-state index contributed by atoms with van der Waals surface area (Å²) in [5.41, 5.74) is 0.759. The van der Waals surface area contributed by atoms with Gasteiger partial charge in [0.15, 0.2) is 5.75 Å². The molecule has 1 aromatic carbocycles. The zero-order valence-corrected chi connectivity index (χ0v) is 17.8. The maximum atomic E-state index is 13.7. The highest BCUT2D eigenvalue weighted by molar-refractivity contribution is 5.96. The molecule has 1 N–H and O–H groups in total. The number of aromatic nitrogens is 2. The number of carboxylic acid groups (broad SMARTS) is 1. The van der Waals surface area contributed by atoms with Crippen LogP contribution in [0.1, 0.15) is 45.4 Å². The summed E-state index contributed by atoms with van der Waals surface area (Å²) in [6.45, 7) is 3.34. The van der Waals surface area contributed by atoms with Gasteiger partial charge >= 0.3 is 6.16 Å². The second-order valence-electron chi connectivity index (χ2n) is 8.47. The number of rotatable bonds is 5. The summed E-state index contributed by atoms with van der Waals surface area (Å²) in [5, 5.41) is 13.9. The first kappa shape index (κ1) is 21.4. The topological polar surface area (TPSA) is 93.9 Å². The van der Waals surface area contributed by atoms with Gasteiger partial charge in [-0.15, -0.1) is 5.10 Å². The van der Waals surface area contributed by atoms with Crippen LogP contribution < -0.4 is 9.64 Å². The molecular formula is C23H29N3O5. The Kier molecular flexibility index (Phi) is 6.56. The number of benzene rings is 1. The first-order chi connectivity index (χ1) is 15.0. The largest absolute Gasteiger partial charge is 0.511 e. The van der Waals surface area contributed by atoms with Crippen molar-refractivity contribution >= 4 is 17.9 Å². The molecule has 1 saturated heterocycles. The van der Waals surface area contributed by atoms with Gasteiger partial charge in [0.25, 0.3) is 0 Å². The Morgan fingerprint density at radius 1 is 1.10 bits per heavy atom. The van der Waals surface area contributed by atoms with Gasteiger partial charge < -0.3 is 14.6 Å². The van der Waals surface area contributed by atoms with Gasteiger partial charge in [-0.05, 0) is 56.6 Å². The average molecular weight is 428 g/mol. The van der Waals surface area contributed by atoms with E-state index in [1.54, 1.807) is 9.58 Å². The lowest BCUT2D eigenvalue weighted by molar-refractivity contribution is -0.124. The van der Waals surface area contributed by atoms with Crippen molar-refractivity contribution in [3.8, 4) is 11.4 Å². The van der Waals surface area contributed by atoms with Gasteiger partial charge in [-0.3, -0.25) is 9.69 Å². The molecule has 4 rings (SSSR count). The summed E-state index contributed by atoms with van der Waals surface area (Å²) in [5.74, 6) is 0.886. The highest BCUT2D eigenvalue weighted by Crippen LogP contribution is 2.36. The normalized spacial score (nSPS) is 22.1. The molecular weight excluding hydrogens is 398 g/mol. The Bertz CT molecular complexity index is 899. The number of anilines is 1. The standard InChI is InChI=1S/C23H29N3O5/c1-16-7-9-17(10-8-16)22(27)26(19-11-13-30-14-12-19)21-20(31-23(28)29)15-25(24-21)18-5-3-2-4-6-18/h2-6,15-17,19H,7-14H2,1H3,(H,28,29)/t16-,17-. The van der Waals surface area contributed by atoms with Crippen LogP contribution in [0.5, 0.6) is 5.75 Å². The lowest BCUT2D eigenvalue weighted by Crippen LogP contribution is -2.47. The summed E-state index contributed by atoms with van der Waals surface area (Å²) in [6.07, 6.45) is 5.19. The van der Waals surface area contributed by atoms with E-state index in [0.717, 1.165) is 31.4 Å². The lowest BCUT2D eigenvalue weighted by Gasteiger charge is -2.36. The molecule has 2 fully saturated rings. The van der Waals surface area contributed by atoms with Gasteiger partial charge in [0.1, 0.15) is 0 Å². The van der Waals surface area contributed by atoms with Gasteiger partial charge in [-0.25, -0.2) is 9.48 Å². The van der Waals surface area contributed by atoms with Crippen LogP contribution in [0.15, 0.2) is 36.5 Å². The number of ether oxygens (including phenoxy) is 2. The van der Waals surface area contributed by atoms with Crippen LogP contribution in [0.25, 0.3) is 5.69 Å². The first-order valence-electron chi connectivity index (χ1n) is 11.0. The van der Waals surface area contributed by atoms with Gasteiger partial charge in [0.05, 0.1) is 11.9 Å². The molecule has 1 aromatic heterocycles. The molecule has 0 atom stereocenters. The van der Waals surface area contributed by atoms with E-state index in [-0.39, 0.29) is 29.4 Å². The predicted octanol–water partition coefficient (Wildman–Crippen LogP) is 4.27. The SMILES string of the molecule is C[C@H]1CC[C@H](C(=O)N(c2nn(-c3ccccc3)cc2OC(=O)O)C2CCOCC2)CC1. The third kappa shape index (κ3) is 4.90. The van der Waals surface area contributed by atoms with E-state index in [4.69, 9.17) is 9.47 Å². The number of hydrogen-bond donors (Lipinski definition) is 1. The Morgan fingerprint density at radius 3 is 2.42 bits per heavy atom. The van der Waals surface area contributed by atoms with Crippen LogP contribution in [-0.4, -0.2) is 46.2 Å². The molecule has 0 unspecified atom stereocenters. The quantitative estimate of drug-likeness (QED) is 0.717. The van der Waals surface area contributed by atoms with Crippen LogP contribution in [0.2, 0.25) is 0 Å². The number of carbonyl (C=O) groups is 2. The van der Waals surface area contributed by atoms with E-state index in [1.807, 2.05) is 30.3 Å². The molecule has 0 bridgehead atoms. The zero-order chi connectivity index (χ0) is 21.8. The number of nitrogens with zero attached hydrogens (tertiary/aromatic N) is 3. The Morgan fingerprint density at radius 2 is 1.77 bits per heavy atom. The monoisotopic (exact) mass is 427 g/mol. The fourth-order valence-electron chi connectivity index (χ4n) is 4.50. The van der Waals surface area contributed by atoms with E-state index < -0.39 is 6.16 Å². The summed E-state index contributed by atoms with van der Waals surface area (Å²) in [4.78, 5) is 26.8. The van der Waals surface area contributed by atoms with Crippen molar-refractivity contribution in [3.63, 3.8) is 0 Å². The van der Waals surface area contributed by atoms with E-state index in [0.29, 0.717) is 32.0 Å². The third-order valence-electron chi connectivity index (χ3n) is 6.27. The minimum Gasteiger partial charge on any atom is -0.449 e. The molecule has 166 valence electrons. The van der Waals surface area contributed by atoms with Gasteiger partial charge in [0, 0.05) is 25.2 Å². The fraction of sp³-hybridized carbons (Fsp3) is 0.522. The first-order valence-corrected chi connectivity index (χ1v) is 11.0. The summed E-state index contributed by atoms with van der Waals surface area (Å²) in [7, 11) is 0. The van der Waals surface area contributed by atoms with Crippen molar-refractivity contribution < 1.29 is 24.2 Å². The van der Waals surface area contributed by atoms with E-state index in [1.165, 1.54) is 6.20 Å². The van der Waals surface area contributed by atoms with Crippen LogP contribution in [0, 0.1) is 11.8 Å². The Labute approximate surface area is 181 Å². The number of hydrogen-bond acceptors (Lipinski definition) is 5. The van der Waals surface area contributed by atoms with Crippen molar-refractivity contribution in [2.45, 2.75) is 51.5 Å². The maximum Gasteiger partial charge on any atom is 0.511 e. The van der Waals surface area contributed by atoms with Crippen LogP contribution in [0.3, 0.4) is 0 Å². The number of carbonyl (C=O) groups excluding carboxylic acids is 1. The van der Waals surface area contributed by atoms with Crippen molar-refractivity contribution in [1.82, 2.24) is 9.78 Å². The van der Waals surface area contributed by atoms with Gasteiger partial charge in [0.2, 0.25) is 11.7 Å². The highest BCUT2D eigenvalue weighted by atomic mass is 16.7. The number of para-hydroxylation sites is 1. The minimum atomic E-state index is -1.43. The molecule has 1 aliphatic carbocycles. The van der Waals surface area contributed by atoms with Crippen molar-refractivity contribution in [2.24, 2.45) is 11.8 Å². The van der Waals surface area contributed by atoms with E-state index in [9.17, 15) is 14.7 Å².